The quantitative estimate of drug-likeness (QED) is 0.887. The molecular formula is C14H19FN2O. The van der Waals surface area contributed by atoms with Crippen LogP contribution in [-0.4, -0.2) is 25.0 Å². The van der Waals surface area contributed by atoms with Crippen molar-refractivity contribution in [3.63, 3.8) is 0 Å². The fourth-order valence-electron chi connectivity index (χ4n) is 2.24. The van der Waals surface area contributed by atoms with Crippen LogP contribution in [0.3, 0.4) is 0 Å². The molecule has 0 saturated heterocycles. The Balaban J connectivity index is 2.12. The van der Waals surface area contributed by atoms with Crippen LogP contribution in [0.1, 0.15) is 25.8 Å². The van der Waals surface area contributed by atoms with Gasteiger partial charge in [-0.1, -0.05) is 13.8 Å². The van der Waals surface area contributed by atoms with E-state index in [4.69, 9.17) is 0 Å². The standard InChI is InChI=1S/C14H19FN2O/c1-10(2)16-7-8-17-13-5-4-12(15)9-11(13)3-6-14(17)18/h4-5,9-10,16H,3,6-8H2,1-2H3. The highest BCUT2D eigenvalue weighted by atomic mass is 19.1. The zero-order chi connectivity index (χ0) is 13.1. The Bertz CT molecular complexity index is 445. The second-order valence-electron chi connectivity index (χ2n) is 4.93. The zero-order valence-corrected chi connectivity index (χ0v) is 10.9. The number of anilines is 1. The Morgan fingerprint density at radius 2 is 2.17 bits per heavy atom. The van der Waals surface area contributed by atoms with E-state index >= 15 is 0 Å². The van der Waals surface area contributed by atoms with Crippen LogP contribution in [-0.2, 0) is 11.2 Å². The molecule has 1 aliphatic heterocycles. The van der Waals surface area contributed by atoms with Crippen molar-refractivity contribution in [1.82, 2.24) is 5.32 Å². The number of hydrogen-bond acceptors (Lipinski definition) is 2. The lowest BCUT2D eigenvalue weighted by Gasteiger charge is -2.29. The number of halogens is 1. The van der Waals surface area contributed by atoms with Crippen LogP contribution in [0.5, 0.6) is 0 Å². The number of nitrogens with zero attached hydrogens (tertiary/aromatic N) is 1. The Labute approximate surface area is 107 Å². The third-order valence-electron chi connectivity index (χ3n) is 3.13. The normalized spacial score (nSPS) is 15.1. The van der Waals surface area contributed by atoms with E-state index in [-0.39, 0.29) is 11.7 Å². The molecule has 18 heavy (non-hydrogen) atoms. The van der Waals surface area contributed by atoms with Gasteiger partial charge in [0.15, 0.2) is 0 Å². The maximum atomic E-state index is 13.2. The first-order chi connectivity index (χ1) is 8.58. The molecule has 1 aliphatic rings. The summed E-state index contributed by atoms with van der Waals surface area (Å²) in [5.41, 5.74) is 1.79. The van der Waals surface area contributed by atoms with Crippen molar-refractivity contribution < 1.29 is 9.18 Å². The van der Waals surface area contributed by atoms with Crippen molar-refractivity contribution in [3.05, 3.63) is 29.6 Å². The summed E-state index contributed by atoms with van der Waals surface area (Å²) in [6.07, 6.45) is 1.11. The molecule has 0 bridgehead atoms. The van der Waals surface area contributed by atoms with Gasteiger partial charge in [-0.15, -0.1) is 0 Å². The van der Waals surface area contributed by atoms with Crippen LogP contribution in [0.15, 0.2) is 18.2 Å². The van der Waals surface area contributed by atoms with Crippen LogP contribution in [0.25, 0.3) is 0 Å². The molecule has 3 nitrogen and oxygen atoms in total. The number of rotatable bonds is 4. The molecule has 0 unspecified atom stereocenters. The number of aryl methyl sites for hydroxylation is 1. The summed E-state index contributed by atoms with van der Waals surface area (Å²) >= 11 is 0. The molecule has 1 heterocycles. The van der Waals surface area contributed by atoms with Gasteiger partial charge >= 0.3 is 0 Å². The number of carbonyl (C=O) groups excluding carboxylic acids is 1. The third kappa shape index (κ3) is 2.88. The zero-order valence-electron chi connectivity index (χ0n) is 10.9. The highest BCUT2D eigenvalue weighted by Crippen LogP contribution is 2.28. The van der Waals surface area contributed by atoms with Crippen molar-refractivity contribution >= 4 is 11.6 Å². The molecule has 1 amide bonds. The fraction of sp³-hybridized carbons (Fsp3) is 0.500. The number of fused-ring (bicyclic) bond motifs is 1. The molecule has 0 spiro atoms. The molecule has 0 radical (unpaired) electrons. The topological polar surface area (TPSA) is 32.3 Å². The minimum atomic E-state index is -0.233. The number of hydrogen-bond donors (Lipinski definition) is 1. The van der Waals surface area contributed by atoms with Crippen LogP contribution >= 0.6 is 0 Å². The van der Waals surface area contributed by atoms with E-state index in [0.29, 0.717) is 25.4 Å². The van der Waals surface area contributed by atoms with Crippen molar-refractivity contribution in [3.8, 4) is 0 Å². The van der Waals surface area contributed by atoms with Crippen LogP contribution < -0.4 is 10.2 Å². The lowest BCUT2D eigenvalue weighted by atomic mass is 10.0. The Morgan fingerprint density at radius 1 is 1.39 bits per heavy atom. The van der Waals surface area contributed by atoms with E-state index in [9.17, 15) is 9.18 Å². The predicted molar refractivity (Wildman–Crippen MR) is 70.2 cm³/mol. The van der Waals surface area contributed by atoms with E-state index in [2.05, 4.69) is 19.2 Å². The average molecular weight is 250 g/mol. The molecule has 0 saturated carbocycles. The van der Waals surface area contributed by atoms with E-state index in [0.717, 1.165) is 17.8 Å². The molecule has 0 atom stereocenters. The summed E-state index contributed by atoms with van der Waals surface area (Å²) in [5.74, 6) is -0.108. The van der Waals surface area contributed by atoms with Crippen molar-refractivity contribution in [1.29, 1.82) is 0 Å². The van der Waals surface area contributed by atoms with Gasteiger partial charge < -0.3 is 10.2 Å². The van der Waals surface area contributed by atoms with Crippen molar-refractivity contribution in [2.45, 2.75) is 32.7 Å². The van der Waals surface area contributed by atoms with Crippen LogP contribution in [0.4, 0.5) is 10.1 Å². The van der Waals surface area contributed by atoms with Crippen LogP contribution in [0, 0.1) is 5.82 Å². The van der Waals surface area contributed by atoms with Gasteiger partial charge in [0.05, 0.1) is 0 Å². The maximum absolute atomic E-state index is 13.2. The molecule has 2 rings (SSSR count). The second kappa shape index (κ2) is 5.48. The smallest absolute Gasteiger partial charge is 0.227 e. The first-order valence-electron chi connectivity index (χ1n) is 6.40. The summed E-state index contributed by atoms with van der Waals surface area (Å²) in [7, 11) is 0. The van der Waals surface area contributed by atoms with Gasteiger partial charge in [-0.3, -0.25) is 4.79 Å². The molecule has 0 fully saturated rings. The minimum absolute atomic E-state index is 0.125. The van der Waals surface area contributed by atoms with Gasteiger partial charge in [-0.25, -0.2) is 4.39 Å². The largest absolute Gasteiger partial charge is 0.313 e. The predicted octanol–water partition coefficient (Wildman–Crippen LogP) is 2.10. The molecule has 0 aromatic heterocycles. The summed E-state index contributed by atoms with van der Waals surface area (Å²) in [6.45, 7) is 5.53. The Hall–Kier alpha value is -1.42. The monoisotopic (exact) mass is 250 g/mol. The van der Waals surface area contributed by atoms with Gasteiger partial charge in [0.2, 0.25) is 5.91 Å². The number of amides is 1. The van der Waals surface area contributed by atoms with Gasteiger partial charge in [0.1, 0.15) is 5.82 Å². The lowest BCUT2D eigenvalue weighted by Crippen LogP contribution is -2.41. The SMILES string of the molecule is CC(C)NCCN1C(=O)CCc2cc(F)ccc21. The molecule has 0 aliphatic carbocycles. The van der Waals surface area contributed by atoms with Crippen LogP contribution in [0.2, 0.25) is 0 Å². The summed E-state index contributed by atoms with van der Waals surface area (Å²) in [4.78, 5) is 13.7. The van der Waals surface area contributed by atoms with Gasteiger partial charge in [-0.2, -0.15) is 0 Å². The summed E-state index contributed by atoms with van der Waals surface area (Å²) < 4.78 is 13.2. The van der Waals surface area contributed by atoms with Gasteiger partial charge in [0, 0.05) is 31.2 Å². The van der Waals surface area contributed by atoms with E-state index in [1.807, 2.05) is 0 Å². The highest BCUT2D eigenvalue weighted by molar-refractivity contribution is 5.96. The second-order valence-corrected chi connectivity index (χ2v) is 4.93. The molecule has 1 aromatic carbocycles. The summed E-state index contributed by atoms with van der Waals surface area (Å²) in [5, 5.41) is 3.29. The Morgan fingerprint density at radius 3 is 2.89 bits per heavy atom. The Kier molecular flexibility index (Phi) is 3.97. The van der Waals surface area contributed by atoms with Gasteiger partial charge in [0.25, 0.3) is 0 Å². The maximum Gasteiger partial charge on any atom is 0.227 e. The van der Waals surface area contributed by atoms with E-state index in [1.54, 1.807) is 11.0 Å². The first-order valence-corrected chi connectivity index (χ1v) is 6.40. The number of benzene rings is 1. The third-order valence-corrected chi connectivity index (χ3v) is 3.13. The van der Waals surface area contributed by atoms with E-state index in [1.165, 1.54) is 12.1 Å². The first kappa shape index (κ1) is 13.0. The van der Waals surface area contributed by atoms with Gasteiger partial charge in [-0.05, 0) is 30.2 Å². The van der Waals surface area contributed by atoms with Crippen molar-refractivity contribution in [2.75, 3.05) is 18.0 Å². The number of nitrogens with one attached hydrogen (secondary N) is 1. The lowest BCUT2D eigenvalue weighted by molar-refractivity contribution is -0.118. The highest BCUT2D eigenvalue weighted by Gasteiger charge is 2.23. The molecule has 98 valence electrons. The molecular weight excluding hydrogens is 231 g/mol. The average Bonchev–Trinajstić information content (AvgIpc) is 2.31. The molecule has 1 N–H and O–H groups in total. The molecule has 4 heteroatoms. The van der Waals surface area contributed by atoms with E-state index < -0.39 is 0 Å². The fourth-order valence-corrected chi connectivity index (χ4v) is 2.24. The summed E-state index contributed by atoms with van der Waals surface area (Å²) in [6, 6.07) is 5.06. The molecule has 1 aromatic rings. The number of carbonyl (C=O) groups is 1. The van der Waals surface area contributed by atoms with Crippen molar-refractivity contribution in [2.24, 2.45) is 0 Å². The minimum Gasteiger partial charge on any atom is -0.313 e.